The number of aliphatic imine (C=N–C) groups is 1. The molecule has 0 saturated carbocycles. The second kappa shape index (κ2) is 12.5. The van der Waals surface area contributed by atoms with Crippen molar-refractivity contribution in [2.45, 2.75) is 25.4 Å². The second-order valence-electron chi connectivity index (χ2n) is 9.92. The number of carbonyl (C=O) groups excluding carboxylic acids is 1. The highest BCUT2D eigenvalue weighted by Gasteiger charge is 2.32. The first-order chi connectivity index (χ1) is 20.5. The highest BCUT2D eigenvalue weighted by atomic mass is 19.4. The molecule has 3 heterocycles. The zero-order chi connectivity index (χ0) is 30.7. The number of ether oxygens (including phenoxy) is 1. The van der Waals surface area contributed by atoms with Crippen LogP contribution in [0.15, 0.2) is 57.9 Å². The van der Waals surface area contributed by atoms with Crippen molar-refractivity contribution in [2.75, 3.05) is 43.5 Å². The number of nitrogens with one attached hydrogen (secondary N) is 2. The van der Waals surface area contributed by atoms with E-state index < -0.39 is 46.6 Å². The Bertz CT molecular complexity index is 1530. The van der Waals surface area contributed by atoms with Gasteiger partial charge in [0.15, 0.2) is 5.84 Å². The number of hydrogen-bond donors (Lipinski definition) is 3. The summed E-state index contributed by atoms with van der Waals surface area (Å²) < 4.78 is 88.8. The predicted molar refractivity (Wildman–Crippen MR) is 148 cm³/mol. The highest BCUT2D eigenvalue weighted by molar-refractivity contribution is 6.08. The molecule has 43 heavy (non-hydrogen) atoms. The molecule has 0 spiro atoms. The first-order valence-corrected chi connectivity index (χ1v) is 13.3. The van der Waals surface area contributed by atoms with E-state index in [1.165, 1.54) is 6.34 Å². The van der Waals surface area contributed by atoms with Crippen molar-refractivity contribution in [1.29, 1.82) is 0 Å². The van der Waals surface area contributed by atoms with Crippen LogP contribution >= 0.6 is 0 Å². The van der Waals surface area contributed by atoms with Crippen LogP contribution in [0, 0.1) is 17.5 Å². The van der Waals surface area contributed by atoms with Crippen LogP contribution < -0.4 is 16.4 Å². The number of hydrazone groups is 1. The summed E-state index contributed by atoms with van der Waals surface area (Å²) in [6.07, 6.45) is 0.0188. The number of hydrogen-bond acceptors (Lipinski definition) is 7. The van der Waals surface area contributed by atoms with Gasteiger partial charge in [-0.15, -0.1) is 0 Å². The smallest absolute Gasteiger partial charge is 0.382 e. The zero-order valence-electron chi connectivity index (χ0n) is 22.6. The molecule has 0 atom stereocenters. The molecule has 0 radical (unpaired) electrons. The van der Waals surface area contributed by atoms with Gasteiger partial charge in [-0.3, -0.25) is 4.90 Å². The molecule has 3 aliphatic rings. The van der Waals surface area contributed by atoms with Crippen LogP contribution in [-0.4, -0.2) is 61.0 Å². The van der Waals surface area contributed by atoms with Crippen molar-refractivity contribution in [3.8, 4) is 0 Å². The van der Waals surface area contributed by atoms with E-state index in [1.54, 1.807) is 5.01 Å². The number of urea groups is 1. The van der Waals surface area contributed by atoms with E-state index in [-0.39, 0.29) is 17.8 Å². The van der Waals surface area contributed by atoms with E-state index in [0.717, 1.165) is 37.8 Å². The molecule has 1 fully saturated rings. The van der Waals surface area contributed by atoms with E-state index in [9.17, 15) is 22.4 Å². The molecule has 2 amide bonds. The Labute approximate surface area is 242 Å². The maximum Gasteiger partial charge on any atom is 0.416 e. The lowest BCUT2D eigenvalue weighted by Crippen LogP contribution is -2.37. The summed E-state index contributed by atoms with van der Waals surface area (Å²) in [6.45, 7) is 3.95. The quantitative estimate of drug-likeness (QED) is 0.361. The molecule has 2 aromatic rings. The molecule has 4 N–H and O–H groups in total. The molecule has 228 valence electrons. The van der Waals surface area contributed by atoms with Crippen LogP contribution in [0.2, 0.25) is 0 Å². The minimum absolute atomic E-state index is 0.0632. The molecule has 0 aromatic heterocycles. The Morgan fingerprint density at radius 3 is 2.44 bits per heavy atom. The minimum atomic E-state index is -4.79. The molecule has 0 aliphatic carbocycles. The number of nitrogens with zero attached hydrogens (tertiary/aromatic N) is 4. The summed E-state index contributed by atoms with van der Waals surface area (Å²) in [6, 6.07) is 1.72. The average Bonchev–Trinajstić information content (AvgIpc) is 2.96. The van der Waals surface area contributed by atoms with Crippen LogP contribution in [-0.2, 0) is 10.9 Å². The number of halogens is 6. The number of carbonyl (C=O) groups is 1. The van der Waals surface area contributed by atoms with Crippen LogP contribution in [0.3, 0.4) is 0 Å². The number of benzene rings is 2. The number of nitrogens with two attached hydrogens (primary N) is 1. The van der Waals surface area contributed by atoms with Gasteiger partial charge in [0.1, 0.15) is 29.5 Å². The predicted octanol–water partition coefficient (Wildman–Crippen LogP) is 5.49. The number of anilines is 2. The Kier molecular flexibility index (Phi) is 8.73. The van der Waals surface area contributed by atoms with Crippen molar-refractivity contribution >= 4 is 35.2 Å². The van der Waals surface area contributed by atoms with Gasteiger partial charge >= 0.3 is 12.2 Å². The third-order valence-electron chi connectivity index (χ3n) is 7.10. The van der Waals surface area contributed by atoms with Crippen LogP contribution in [0.25, 0.3) is 5.57 Å². The van der Waals surface area contributed by atoms with Crippen molar-refractivity contribution in [2.24, 2.45) is 15.8 Å². The third-order valence-corrected chi connectivity index (χ3v) is 7.10. The molecule has 0 bridgehead atoms. The molecule has 9 nitrogen and oxygen atoms in total. The highest BCUT2D eigenvalue weighted by Crippen LogP contribution is 2.38. The fourth-order valence-corrected chi connectivity index (χ4v) is 4.97. The van der Waals surface area contributed by atoms with Gasteiger partial charge in [-0.25, -0.2) is 28.0 Å². The van der Waals surface area contributed by atoms with Crippen LogP contribution in [0.4, 0.5) is 42.5 Å². The standard InChI is InChI=1S/C28H27F6N7O2/c29-20-6-3-16(28(32,33)34)12-23(20)38-27(42)39-24-14-21(30)19(13-22(24)31)18-5-4-17(41-25(18)26(35)36-15-37-41)2-1-7-40-8-10-43-11-9-40/h3-4,6,12-15H,1-2,5,7-11H2,(H2,35,36,37)(H2,38,39,42). The number of allylic oxidation sites excluding steroid dienone is 3. The molecular weight excluding hydrogens is 580 g/mol. The summed E-state index contributed by atoms with van der Waals surface area (Å²) in [5, 5.41) is 9.75. The number of morpholine rings is 1. The number of fused-ring (bicyclic) bond motifs is 1. The summed E-state index contributed by atoms with van der Waals surface area (Å²) in [7, 11) is 0. The van der Waals surface area contributed by atoms with Gasteiger partial charge < -0.3 is 21.1 Å². The molecule has 5 rings (SSSR count). The average molecular weight is 608 g/mol. The first kappa shape index (κ1) is 30.1. The van der Waals surface area contributed by atoms with E-state index in [4.69, 9.17) is 10.5 Å². The topological polar surface area (TPSA) is 108 Å². The maximum absolute atomic E-state index is 15.4. The fourth-order valence-electron chi connectivity index (χ4n) is 4.97. The zero-order valence-corrected chi connectivity index (χ0v) is 22.6. The van der Waals surface area contributed by atoms with Gasteiger partial charge in [0.05, 0.1) is 30.2 Å². The number of amidine groups is 1. The van der Waals surface area contributed by atoms with Gasteiger partial charge in [-0.05, 0) is 55.6 Å². The van der Waals surface area contributed by atoms with Crippen molar-refractivity contribution in [1.82, 2.24) is 9.91 Å². The lowest BCUT2D eigenvalue weighted by atomic mass is 9.94. The SMILES string of the molecule is NC1=NC=NN2C(CCCN3CCOCC3)=CCC(c3cc(F)c(NC(=O)Nc4cc(C(F)(F)F)ccc4F)cc3F)=C12. The van der Waals surface area contributed by atoms with Gasteiger partial charge in [0, 0.05) is 30.4 Å². The molecular formula is C28H27F6N7O2. The second-order valence-corrected chi connectivity index (χ2v) is 9.92. The summed E-state index contributed by atoms with van der Waals surface area (Å²) >= 11 is 0. The summed E-state index contributed by atoms with van der Waals surface area (Å²) in [5.74, 6) is -3.06. The minimum Gasteiger partial charge on any atom is -0.382 e. The Morgan fingerprint density at radius 2 is 1.72 bits per heavy atom. The van der Waals surface area contributed by atoms with E-state index in [0.29, 0.717) is 55.2 Å². The normalized spacial score (nSPS) is 17.4. The summed E-state index contributed by atoms with van der Waals surface area (Å²) in [4.78, 5) is 18.7. The van der Waals surface area contributed by atoms with E-state index in [1.807, 2.05) is 16.7 Å². The lowest BCUT2D eigenvalue weighted by molar-refractivity contribution is -0.137. The Balaban J connectivity index is 1.32. The maximum atomic E-state index is 15.4. The van der Waals surface area contributed by atoms with E-state index in [2.05, 4.69) is 15.0 Å². The summed E-state index contributed by atoms with van der Waals surface area (Å²) in [5.41, 5.74) is 4.85. The number of amides is 2. The third kappa shape index (κ3) is 6.83. The molecule has 15 heteroatoms. The van der Waals surface area contributed by atoms with Gasteiger partial charge in [-0.2, -0.15) is 18.3 Å². The van der Waals surface area contributed by atoms with Crippen molar-refractivity contribution < 1.29 is 35.9 Å². The number of alkyl halides is 3. The molecule has 1 saturated heterocycles. The number of rotatable bonds is 7. The fraction of sp³-hybridized carbons (Fsp3) is 0.321. The molecule has 2 aromatic carbocycles. The Hall–Kier alpha value is -4.37. The Morgan fingerprint density at radius 1 is 1.00 bits per heavy atom. The van der Waals surface area contributed by atoms with Crippen LogP contribution in [0.1, 0.15) is 30.4 Å². The van der Waals surface area contributed by atoms with Crippen molar-refractivity contribution in [3.05, 3.63) is 76.4 Å². The van der Waals surface area contributed by atoms with Crippen molar-refractivity contribution in [3.63, 3.8) is 0 Å². The lowest BCUT2D eigenvalue weighted by Gasteiger charge is -2.33. The first-order valence-electron chi connectivity index (χ1n) is 13.3. The van der Waals surface area contributed by atoms with E-state index >= 15 is 8.78 Å². The monoisotopic (exact) mass is 607 g/mol. The molecule has 3 aliphatic heterocycles. The van der Waals surface area contributed by atoms with Gasteiger partial charge in [0.25, 0.3) is 0 Å². The molecule has 0 unspecified atom stereocenters. The van der Waals surface area contributed by atoms with Crippen LogP contribution in [0.5, 0.6) is 0 Å². The van der Waals surface area contributed by atoms with Gasteiger partial charge in [-0.1, -0.05) is 6.08 Å². The largest absolute Gasteiger partial charge is 0.416 e. The van der Waals surface area contributed by atoms with Gasteiger partial charge in [0.2, 0.25) is 0 Å².